The largest absolute Gasteiger partial charge is 0.481 e. The van der Waals surface area contributed by atoms with E-state index in [0.717, 1.165) is 18.9 Å². The first-order chi connectivity index (χ1) is 13.1. The van der Waals surface area contributed by atoms with Crippen molar-refractivity contribution in [1.29, 1.82) is 5.26 Å². The zero-order chi connectivity index (χ0) is 19.2. The summed E-state index contributed by atoms with van der Waals surface area (Å²) in [4.78, 5) is 22.5. The van der Waals surface area contributed by atoms with Crippen molar-refractivity contribution in [2.75, 3.05) is 6.54 Å². The van der Waals surface area contributed by atoms with Crippen LogP contribution >= 0.6 is 0 Å². The smallest absolute Gasteiger partial charge is 0.312 e. The molecule has 1 unspecified atom stereocenters. The number of carbonyl (C=O) groups is 1. The van der Waals surface area contributed by atoms with Crippen molar-refractivity contribution >= 4 is 11.6 Å². The molecule has 1 atom stereocenters. The number of rotatable bonds is 5. The van der Waals surface area contributed by atoms with Crippen molar-refractivity contribution in [3.05, 3.63) is 58.1 Å². The van der Waals surface area contributed by atoms with Crippen LogP contribution in [0.5, 0.6) is 17.2 Å². The number of nitrogens with zero attached hydrogens (tertiary/aromatic N) is 2. The fraction of sp³-hybridized carbons (Fsp3) is 0.263. The van der Waals surface area contributed by atoms with Crippen LogP contribution < -0.4 is 14.8 Å². The molecule has 0 spiro atoms. The highest BCUT2D eigenvalue weighted by molar-refractivity contribution is 5.81. The minimum Gasteiger partial charge on any atom is -0.481 e. The van der Waals surface area contributed by atoms with E-state index in [0.29, 0.717) is 24.5 Å². The molecule has 1 N–H and O–H groups in total. The summed E-state index contributed by atoms with van der Waals surface area (Å²) in [6.07, 6.45) is 1.97. The highest BCUT2D eigenvalue weighted by Crippen LogP contribution is 2.33. The summed E-state index contributed by atoms with van der Waals surface area (Å²) in [5.41, 5.74) is -0.107. The van der Waals surface area contributed by atoms with Gasteiger partial charge < -0.3 is 14.8 Å². The maximum absolute atomic E-state index is 11.9. The predicted molar refractivity (Wildman–Crippen MR) is 95.6 cm³/mol. The number of nitro groups is 1. The minimum absolute atomic E-state index is 0.0378. The molecule has 0 radical (unpaired) electrons. The average molecular weight is 367 g/mol. The Morgan fingerprint density at radius 3 is 2.59 bits per heavy atom. The van der Waals surface area contributed by atoms with Gasteiger partial charge in [-0.25, -0.2) is 0 Å². The third kappa shape index (κ3) is 4.52. The zero-order valence-electron chi connectivity index (χ0n) is 14.4. The molecular weight excluding hydrogens is 350 g/mol. The Morgan fingerprint density at radius 2 is 1.89 bits per heavy atom. The first-order valence-corrected chi connectivity index (χ1v) is 8.47. The van der Waals surface area contributed by atoms with Crippen LogP contribution in [0, 0.1) is 21.4 Å². The summed E-state index contributed by atoms with van der Waals surface area (Å²) in [6, 6.07) is 12.3. The lowest BCUT2D eigenvalue weighted by Crippen LogP contribution is -2.36. The van der Waals surface area contributed by atoms with Gasteiger partial charge in [0.15, 0.2) is 6.10 Å². The van der Waals surface area contributed by atoms with Crippen molar-refractivity contribution in [2.24, 2.45) is 0 Å². The molecule has 0 bridgehead atoms. The molecule has 8 heteroatoms. The van der Waals surface area contributed by atoms with Crippen molar-refractivity contribution in [1.82, 2.24) is 5.32 Å². The third-order valence-corrected chi connectivity index (χ3v) is 4.10. The first kappa shape index (κ1) is 18.2. The summed E-state index contributed by atoms with van der Waals surface area (Å²) in [5.74, 6) is 0.802. The SMILES string of the molecule is N#Cc1ccc(Oc2ccc(OC3CCCCNC3=O)cc2)c([N+](=O)[O-])c1. The fourth-order valence-electron chi connectivity index (χ4n) is 2.72. The molecule has 3 rings (SSSR count). The summed E-state index contributed by atoms with van der Waals surface area (Å²) >= 11 is 0. The molecule has 138 valence electrons. The number of nitro benzene ring substituents is 1. The van der Waals surface area contributed by atoms with Crippen LogP contribution in [0.4, 0.5) is 5.69 Å². The van der Waals surface area contributed by atoms with Crippen LogP contribution in [-0.2, 0) is 4.79 Å². The standard InChI is InChI=1S/C19H17N3O5/c20-12-13-4-9-17(16(11-13)22(24)25)26-14-5-7-15(8-6-14)27-18-3-1-2-10-21-19(18)23/h4-9,11,18H,1-3,10H2,(H,21,23). The maximum Gasteiger partial charge on any atom is 0.312 e. The molecule has 0 aliphatic carbocycles. The summed E-state index contributed by atoms with van der Waals surface area (Å²) in [5, 5.41) is 22.9. The lowest BCUT2D eigenvalue weighted by molar-refractivity contribution is -0.385. The van der Waals surface area contributed by atoms with Crippen molar-refractivity contribution < 1.29 is 19.2 Å². The van der Waals surface area contributed by atoms with E-state index in [1.165, 1.54) is 12.1 Å². The van der Waals surface area contributed by atoms with E-state index in [2.05, 4.69) is 5.32 Å². The second-order valence-corrected chi connectivity index (χ2v) is 6.02. The van der Waals surface area contributed by atoms with Gasteiger partial charge in [0.2, 0.25) is 5.75 Å². The molecule has 1 amide bonds. The van der Waals surface area contributed by atoms with Crippen LogP contribution in [0.1, 0.15) is 24.8 Å². The summed E-state index contributed by atoms with van der Waals surface area (Å²) in [6.45, 7) is 0.662. The van der Waals surface area contributed by atoms with Gasteiger partial charge in [-0.05, 0) is 55.7 Å². The average Bonchev–Trinajstić information content (AvgIpc) is 2.88. The Morgan fingerprint density at radius 1 is 1.15 bits per heavy atom. The van der Waals surface area contributed by atoms with E-state index < -0.39 is 11.0 Å². The molecule has 1 aliphatic rings. The highest BCUT2D eigenvalue weighted by Gasteiger charge is 2.22. The normalized spacial score (nSPS) is 16.6. The number of amides is 1. The number of ether oxygens (including phenoxy) is 2. The molecule has 1 fully saturated rings. The molecule has 1 aliphatic heterocycles. The van der Waals surface area contributed by atoms with Gasteiger partial charge in [-0.15, -0.1) is 0 Å². The van der Waals surface area contributed by atoms with E-state index in [1.54, 1.807) is 24.3 Å². The highest BCUT2D eigenvalue weighted by atomic mass is 16.6. The van der Waals surface area contributed by atoms with Crippen LogP contribution in [0.2, 0.25) is 0 Å². The van der Waals surface area contributed by atoms with Gasteiger partial charge in [0, 0.05) is 12.6 Å². The molecule has 0 aromatic heterocycles. The zero-order valence-corrected chi connectivity index (χ0v) is 14.4. The van der Waals surface area contributed by atoms with Crippen molar-refractivity contribution in [3.63, 3.8) is 0 Å². The maximum atomic E-state index is 11.9. The number of nitrogens with one attached hydrogen (secondary N) is 1. The van der Waals surface area contributed by atoms with Crippen LogP contribution in [0.15, 0.2) is 42.5 Å². The quantitative estimate of drug-likeness (QED) is 0.640. The Labute approximate surface area is 155 Å². The monoisotopic (exact) mass is 367 g/mol. The number of nitriles is 1. The van der Waals surface area contributed by atoms with E-state index in [9.17, 15) is 14.9 Å². The van der Waals surface area contributed by atoms with Crippen molar-refractivity contribution in [2.45, 2.75) is 25.4 Å². The Hall–Kier alpha value is -3.60. The third-order valence-electron chi connectivity index (χ3n) is 4.10. The Kier molecular flexibility index (Phi) is 5.52. The molecular formula is C19H17N3O5. The number of benzene rings is 2. The molecule has 8 nitrogen and oxygen atoms in total. The molecule has 1 heterocycles. The Bertz CT molecular complexity index is 889. The van der Waals surface area contributed by atoms with E-state index in [1.807, 2.05) is 6.07 Å². The summed E-state index contributed by atoms with van der Waals surface area (Å²) < 4.78 is 11.3. The molecule has 2 aromatic rings. The van der Waals surface area contributed by atoms with Gasteiger partial charge >= 0.3 is 5.69 Å². The second kappa shape index (κ2) is 8.19. The van der Waals surface area contributed by atoms with Gasteiger partial charge in [-0.2, -0.15) is 5.26 Å². The lowest BCUT2D eigenvalue weighted by Gasteiger charge is -2.16. The minimum atomic E-state index is -0.599. The molecule has 1 saturated heterocycles. The lowest BCUT2D eigenvalue weighted by atomic mass is 10.2. The van der Waals surface area contributed by atoms with E-state index in [4.69, 9.17) is 14.7 Å². The molecule has 27 heavy (non-hydrogen) atoms. The van der Waals surface area contributed by atoms with Crippen LogP contribution in [0.3, 0.4) is 0 Å². The molecule has 0 saturated carbocycles. The topological polar surface area (TPSA) is 114 Å². The Balaban J connectivity index is 1.72. The van der Waals surface area contributed by atoms with Gasteiger partial charge in [-0.3, -0.25) is 14.9 Å². The molecule has 2 aromatic carbocycles. The van der Waals surface area contributed by atoms with Gasteiger partial charge in [0.1, 0.15) is 11.5 Å². The second-order valence-electron chi connectivity index (χ2n) is 6.02. The number of carbonyl (C=O) groups excluding carboxylic acids is 1. The summed E-state index contributed by atoms with van der Waals surface area (Å²) in [7, 11) is 0. The fourth-order valence-corrected chi connectivity index (χ4v) is 2.72. The number of hydrogen-bond donors (Lipinski definition) is 1. The first-order valence-electron chi connectivity index (χ1n) is 8.47. The van der Waals surface area contributed by atoms with Gasteiger partial charge in [-0.1, -0.05) is 0 Å². The van der Waals surface area contributed by atoms with Crippen molar-refractivity contribution in [3.8, 4) is 23.3 Å². The van der Waals surface area contributed by atoms with Crippen LogP contribution in [0.25, 0.3) is 0 Å². The van der Waals surface area contributed by atoms with Crippen LogP contribution in [-0.4, -0.2) is 23.5 Å². The van der Waals surface area contributed by atoms with E-state index in [-0.39, 0.29) is 22.9 Å². The van der Waals surface area contributed by atoms with Gasteiger partial charge in [0.25, 0.3) is 5.91 Å². The van der Waals surface area contributed by atoms with Gasteiger partial charge in [0.05, 0.1) is 16.6 Å². The predicted octanol–water partition coefficient (Wildman–Crippen LogP) is 3.31. The number of hydrogen-bond acceptors (Lipinski definition) is 6. The van der Waals surface area contributed by atoms with E-state index >= 15 is 0 Å².